The third kappa shape index (κ3) is 3.19. The van der Waals surface area contributed by atoms with Crippen LogP contribution >= 0.6 is 11.3 Å². The number of primary amides is 1. The summed E-state index contributed by atoms with van der Waals surface area (Å²) in [6.07, 6.45) is -0.0991. The first-order chi connectivity index (χ1) is 10.6. The molecule has 0 unspecified atom stereocenters. The molecule has 5 nitrogen and oxygen atoms in total. The highest BCUT2D eigenvalue weighted by Gasteiger charge is 2.32. The van der Waals surface area contributed by atoms with Crippen molar-refractivity contribution in [3.63, 3.8) is 0 Å². The van der Waals surface area contributed by atoms with E-state index in [-0.39, 0.29) is 12.0 Å². The number of benzene rings is 1. The van der Waals surface area contributed by atoms with Crippen LogP contribution in [0.5, 0.6) is 0 Å². The van der Waals surface area contributed by atoms with E-state index >= 15 is 0 Å². The molecule has 6 heteroatoms. The summed E-state index contributed by atoms with van der Waals surface area (Å²) in [7, 11) is 0. The summed E-state index contributed by atoms with van der Waals surface area (Å²) in [6.45, 7) is 3.84. The van der Waals surface area contributed by atoms with Gasteiger partial charge in [0, 0.05) is 24.2 Å². The van der Waals surface area contributed by atoms with Gasteiger partial charge in [-0.25, -0.2) is 4.98 Å². The zero-order valence-corrected chi connectivity index (χ0v) is 13.3. The molecule has 116 valence electrons. The molecule has 1 aromatic carbocycles. The summed E-state index contributed by atoms with van der Waals surface area (Å²) in [5.41, 5.74) is 7.57. The lowest BCUT2D eigenvalue weighted by Gasteiger charge is -2.36. The Morgan fingerprint density at radius 2 is 2.23 bits per heavy atom. The van der Waals surface area contributed by atoms with Gasteiger partial charge in [-0.15, -0.1) is 11.3 Å². The fraction of sp³-hybridized carbons (Fsp3) is 0.375. The number of morpholine rings is 1. The average Bonchev–Trinajstić information content (AvgIpc) is 2.95. The van der Waals surface area contributed by atoms with E-state index in [0.29, 0.717) is 19.7 Å². The first kappa shape index (κ1) is 15.1. The van der Waals surface area contributed by atoms with Gasteiger partial charge in [-0.2, -0.15) is 0 Å². The molecule has 2 aromatic rings. The number of thiazole rings is 1. The Hall–Kier alpha value is -1.76. The highest BCUT2D eigenvalue weighted by molar-refractivity contribution is 7.09. The minimum Gasteiger partial charge on any atom is -0.368 e. The van der Waals surface area contributed by atoms with Crippen molar-refractivity contribution < 1.29 is 9.53 Å². The van der Waals surface area contributed by atoms with E-state index in [2.05, 4.69) is 9.88 Å². The number of carbonyl (C=O) groups is 1. The van der Waals surface area contributed by atoms with Crippen molar-refractivity contribution in [2.24, 2.45) is 5.73 Å². The third-order valence-corrected chi connectivity index (χ3v) is 4.81. The molecule has 22 heavy (non-hydrogen) atoms. The van der Waals surface area contributed by atoms with E-state index in [1.54, 1.807) is 11.3 Å². The normalized spacial score (nSPS) is 20.7. The molecule has 0 spiro atoms. The molecule has 1 amide bonds. The minimum absolute atomic E-state index is 0.0991. The van der Waals surface area contributed by atoms with Crippen LogP contribution in [0.15, 0.2) is 35.7 Å². The number of hydrogen-bond acceptors (Lipinski definition) is 5. The molecule has 2 N–H and O–H groups in total. The Bertz CT molecular complexity index is 644. The average molecular weight is 317 g/mol. The van der Waals surface area contributed by atoms with Gasteiger partial charge >= 0.3 is 0 Å². The molecular formula is C16H19N3O2S. The second-order valence-electron chi connectivity index (χ2n) is 5.40. The number of amides is 1. The number of rotatable bonds is 4. The number of carbonyl (C=O) groups excluding carboxylic acids is 1. The molecule has 1 aromatic heterocycles. The first-order valence-electron chi connectivity index (χ1n) is 7.27. The molecule has 2 atom stereocenters. The van der Waals surface area contributed by atoms with Crippen LogP contribution in [0.25, 0.3) is 0 Å². The first-order valence-corrected chi connectivity index (χ1v) is 8.15. The Balaban J connectivity index is 1.81. The summed E-state index contributed by atoms with van der Waals surface area (Å²) in [5.74, 6) is -0.331. The zero-order valence-electron chi connectivity index (χ0n) is 12.4. The van der Waals surface area contributed by atoms with Crippen molar-refractivity contribution >= 4 is 17.2 Å². The van der Waals surface area contributed by atoms with Crippen molar-refractivity contribution in [1.82, 2.24) is 9.88 Å². The number of aromatic nitrogens is 1. The van der Waals surface area contributed by atoms with E-state index < -0.39 is 6.04 Å². The Morgan fingerprint density at radius 3 is 2.86 bits per heavy atom. The minimum atomic E-state index is -0.423. The molecule has 2 heterocycles. The van der Waals surface area contributed by atoms with Gasteiger partial charge in [0.1, 0.15) is 17.2 Å². The SMILES string of the molecule is Cc1csc([C@@H]2CN([C@H](C(N)=O)c3ccccc3)CCO2)n1. The predicted molar refractivity (Wildman–Crippen MR) is 85.5 cm³/mol. The van der Waals surface area contributed by atoms with E-state index in [0.717, 1.165) is 16.3 Å². The van der Waals surface area contributed by atoms with Gasteiger partial charge in [0.05, 0.1) is 6.61 Å². The van der Waals surface area contributed by atoms with Gasteiger partial charge in [-0.3, -0.25) is 9.69 Å². The monoisotopic (exact) mass is 317 g/mol. The van der Waals surface area contributed by atoms with Crippen LogP contribution in [0.1, 0.15) is 28.4 Å². The van der Waals surface area contributed by atoms with Gasteiger partial charge in [0.25, 0.3) is 0 Å². The van der Waals surface area contributed by atoms with E-state index in [1.807, 2.05) is 42.6 Å². The number of ether oxygens (including phenoxy) is 1. The van der Waals surface area contributed by atoms with Crippen LogP contribution in [0.4, 0.5) is 0 Å². The molecule has 3 rings (SSSR count). The summed E-state index contributed by atoms with van der Waals surface area (Å²) < 4.78 is 5.83. The maximum atomic E-state index is 12.0. The lowest BCUT2D eigenvalue weighted by Crippen LogP contribution is -2.45. The largest absolute Gasteiger partial charge is 0.368 e. The summed E-state index contributed by atoms with van der Waals surface area (Å²) >= 11 is 1.60. The Kier molecular flexibility index (Phi) is 4.52. The highest BCUT2D eigenvalue weighted by atomic mass is 32.1. The van der Waals surface area contributed by atoms with Crippen LogP contribution < -0.4 is 5.73 Å². The van der Waals surface area contributed by atoms with Gasteiger partial charge in [-0.05, 0) is 12.5 Å². The quantitative estimate of drug-likeness (QED) is 0.937. The standard InChI is InChI=1S/C16H19N3O2S/c1-11-10-22-16(18-11)13-9-19(7-8-21-13)14(15(17)20)12-5-3-2-4-6-12/h2-6,10,13-14H,7-9H2,1H3,(H2,17,20)/t13-,14-/m0/s1. The third-order valence-electron chi connectivity index (χ3n) is 3.76. The van der Waals surface area contributed by atoms with Crippen molar-refractivity contribution in [2.75, 3.05) is 19.7 Å². The van der Waals surface area contributed by atoms with Gasteiger partial charge in [0.15, 0.2) is 0 Å². The van der Waals surface area contributed by atoms with Crippen molar-refractivity contribution in [2.45, 2.75) is 19.1 Å². The van der Waals surface area contributed by atoms with E-state index in [9.17, 15) is 4.79 Å². The second-order valence-corrected chi connectivity index (χ2v) is 6.29. The number of nitrogens with two attached hydrogens (primary N) is 1. The molecule has 0 saturated carbocycles. The molecule has 1 saturated heterocycles. The van der Waals surface area contributed by atoms with Gasteiger partial charge < -0.3 is 10.5 Å². The van der Waals surface area contributed by atoms with E-state index in [4.69, 9.17) is 10.5 Å². The molecule has 1 aliphatic rings. The van der Waals surface area contributed by atoms with Crippen LogP contribution in [-0.2, 0) is 9.53 Å². The van der Waals surface area contributed by atoms with Crippen molar-refractivity contribution in [1.29, 1.82) is 0 Å². The maximum absolute atomic E-state index is 12.0. The topological polar surface area (TPSA) is 68.5 Å². The summed E-state index contributed by atoms with van der Waals surface area (Å²) in [6, 6.07) is 9.23. The summed E-state index contributed by atoms with van der Waals surface area (Å²) in [5, 5.41) is 2.97. The molecular weight excluding hydrogens is 298 g/mol. The van der Waals surface area contributed by atoms with Gasteiger partial charge in [-0.1, -0.05) is 30.3 Å². The molecule has 1 fully saturated rings. The van der Waals surface area contributed by atoms with Crippen LogP contribution in [-0.4, -0.2) is 35.5 Å². The maximum Gasteiger partial charge on any atom is 0.239 e. The Labute approximate surface area is 133 Å². The van der Waals surface area contributed by atoms with Crippen LogP contribution in [0, 0.1) is 6.92 Å². The lowest BCUT2D eigenvalue weighted by atomic mass is 10.0. The molecule has 1 aliphatic heterocycles. The zero-order chi connectivity index (χ0) is 15.5. The number of hydrogen-bond donors (Lipinski definition) is 1. The Morgan fingerprint density at radius 1 is 1.45 bits per heavy atom. The fourth-order valence-electron chi connectivity index (χ4n) is 2.76. The van der Waals surface area contributed by atoms with Crippen molar-refractivity contribution in [3.05, 3.63) is 52.0 Å². The fourth-order valence-corrected chi connectivity index (χ4v) is 3.60. The molecule has 0 bridgehead atoms. The smallest absolute Gasteiger partial charge is 0.239 e. The van der Waals surface area contributed by atoms with Crippen LogP contribution in [0.3, 0.4) is 0 Å². The number of aryl methyl sites for hydroxylation is 1. The van der Waals surface area contributed by atoms with Crippen molar-refractivity contribution in [3.8, 4) is 0 Å². The van der Waals surface area contributed by atoms with Crippen LogP contribution in [0.2, 0.25) is 0 Å². The molecule has 0 aliphatic carbocycles. The van der Waals surface area contributed by atoms with Gasteiger partial charge in [0.2, 0.25) is 5.91 Å². The lowest BCUT2D eigenvalue weighted by molar-refractivity contribution is -0.127. The number of nitrogens with zero attached hydrogens (tertiary/aromatic N) is 2. The molecule has 0 radical (unpaired) electrons. The van der Waals surface area contributed by atoms with E-state index in [1.165, 1.54) is 0 Å². The predicted octanol–water partition coefficient (Wildman–Crippen LogP) is 2.05. The summed E-state index contributed by atoms with van der Waals surface area (Å²) in [4.78, 5) is 18.6. The second kappa shape index (κ2) is 6.56. The highest BCUT2D eigenvalue weighted by Crippen LogP contribution is 2.30.